The molecule has 1 N–H and O–H groups in total. The van der Waals surface area contributed by atoms with Crippen LogP contribution >= 0.6 is 39.1 Å². The molecule has 10 heteroatoms. The van der Waals surface area contributed by atoms with E-state index in [-0.39, 0.29) is 27.9 Å². The van der Waals surface area contributed by atoms with Gasteiger partial charge in [0.15, 0.2) is 17.3 Å². The van der Waals surface area contributed by atoms with E-state index in [0.717, 1.165) is 10.1 Å². The van der Waals surface area contributed by atoms with Crippen LogP contribution in [0.4, 0.5) is 0 Å². The molecule has 0 aliphatic heterocycles. The molecule has 0 unspecified atom stereocenters. The molecule has 3 aromatic carbocycles. The quantitative estimate of drug-likeness (QED) is 0.255. The summed E-state index contributed by atoms with van der Waals surface area (Å²) < 4.78 is 12.7. The molecule has 34 heavy (non-hydrogen) atoms. The van der Waals surface area contributed by atoms with E-state index in [1.807, 2.05) is 0 Å². The molecule has 0 spiro atoms. The number of para-hydroxylation sites is 1. The maximum atomic E-state index is 13.4. The van der Waals surface area contributed by atoms with Gasteiger partial charge in [0, 0.05) is 20.4 Å². The van der Waals surface area contributed by atoms with Gasteiger partial charge >= 0.3 is 0 Å². The number of halogens is 3. The van der Waals surface area contributed by atoms with Gasteiger partial charge in [-0.25, -0.2) is 4.98 Å². The van der Waals surface area contributed by atoms with Crippen LogP contribution in [0.3, 0.4) is 0 Å². The Kier molecular flexibility index (Phi) is 5.81. The second-order valence-corrected chi connectivity index (χ2v) is 8.86. The number of fused-ring (bicyclic) bond motifs is 2. The first-order valence-electron chi connectivity index (χ1n) is 9.88. The third-order valence-electron chi connectivity index (χ3n) is 5.16. The Hall–Kier alpha value is -3.33. The van der Waals surface area contributed by atoms with Gasteiger partial charge in [-0.2, -0.15) is 9.78 Å². The van der Waals surface area contributed by atoms with Crippen LogP contribution in [0.15, 0.2) is 73.4 Å². The molecule has 0 aliphatic carbocycles. The van der Waals surface area contributed by atoms with Gasteiger partial charge in [-0.05, 0) is 58.4 Å². The highest BCUT2D eigenvalue weighted by Gasteiger charge is 2.18. The number of methoxy groups -OCH3 is 1. The number of hydrogen-bond donors (Lipinski definition) is 1. The second kappa shape index (κ2) is 8.79. The maximum Gasteiger partial charge on any atom is 0.282 e. The van der Waals surface area contributed by atoms with Crippen molar-refractivity contribution in [2.24, 2.45) is 5.10 Å². The fourth-order valence-electron chi connectivity index (χ4n) is 3.50. The molecule has 2 aromatic heterocycles. The summed E-state index contributed by atoms with van der Waals surface area (Å²) in [6.45, 7) is 0. The number of benzene rings is 3. The Morgan fingerprint density at radius 1 is 1.18 bits per heavy atom. The molecule has 5 aromatic rings. The van der Waals surface area contributed by atoms with Gasteiger partial charge in [0.1, 0.15) is 10.6 Å². The van der Waals surface area contributed by atoms with Gasteiger partial charge < -0.3 is 14.3 Å². The van der Waals surface area contributed by atoms with E-state index < -0.39 is 0 Å². The number of phenolic OH excluding ortho intramolecular Hbond substituents is 1. The van der Waals surface area contributed by atoms with Gasteiger partial charge in [0.05, 0.1) is 24.2 Å². The van der Waals surface area contributed by atoms with Crippen LogP contribution in [0, 0.1) is 0 Å². The minimum absolute atomic E-state index is 0.0548. The fraction of sp³-hybridized carbons (Fsp3) is 0.0417. The van der Waals surface area contributed by atoms with Crippen molar-refractivity contribution in [3.63, 3.8) is 0 Å². The summed E-state index contributed by atoms with van der Waals surface area (Å²) in [5.74, 6) is 0.505. The van der Waals surface area contributed by atoms with Crippen molar-refractivity contribution in [2.75, 3.05) is 7.11 Å². The molecule has 170 valence electrons. The van der Waals surface area contributed by atoms with Crippen molar-refractivity contribution in [1.29, 1.82) is 0 Å². The van der Waals surface area contributed by atoms with Gasteiger partial charge in [0.2, 0.25) is 5.82 Å². The third kappa shape index (κ3) is 3.83. The van der Waals surface area contributed by atoms with Crippen LogP contribution in [0.2, 0.25) is 10.0 Å². The van der Waals surface area contributed by atoms with E-state index in [2.05, 4.69) is 26.0 Å². The topological polar surface area (TPSA) is 89.9 Å². The smallest absolute Gasteiger partial charge is 0.282 e. The average Bonchev–Trinajstić information content (AvgIpc) is 3.26. The van der Waals surface area contributed by atoms with Crippen LogP contribution in [-0.2, 0) is 0 Å². The minimum Gasteiger partial charge on any atom is -0.503 e. The highest BCUT2D eigenvalue weighted by Crippen LogP contribution is 2.41. The highest BCUT2D eigenvalue weighted by molar-refractivity contribution is 9.10. The monoisotopic (exact) mass is 557 g/mol. The van der Waals surface area contributed by atoms with Crippen molar-refractivity contribution in [2.45, 2.75) is 0 Å². The molecule has 0 fully saturated rings. The first-order valence-corrected chi connectivity index (χ1v) is 11.4. The summed E-state index contributed by atoms with van der Waals surface area (Å²) in [5, 5.41) is 16.3. The summed E-state index contributed by atoms with van der Waals surface area (Å²) in [6, 6.07) is 15.5. The summed E-state index contributed by atoms with van der Waals surface area (Å²) >= 11 is 15.7. The number of aromatic hydroxyl groups is 1. The number of furan rings is 1. The molecular formula is C24H14BrCl2N3O4. The predicted molar refractivity (Wildman–Crippen MR) is 137 cm³/mol. The molecule has 0 aliphatic rings. The van der Waals surface area contributed by atoms with Crippen molar-refractivity contribution in [3.8, 4) is 23.1 Å². The Morgan fingerprint density at radius 2 is 1.97 bits per heavy atom. The number of nitrogens with zero attached hydrogens (tertiary/aromatic N) is 3. The molecular weight excluding hydrogens is 545 g/mol. The zero-order chi connectivity index (χ0) is 24.0. The van der Waals surface area contributed by atoms with Gasteiger partial charge in [-0.15, -0.1) is 0 Å². The van der Waals surface area contributed by atoms with E-state index in [1.165, 1.54) is 19.4 Å². The van der Waals surface area contributed by atoms with Crippen LogP contribution < -0.4 is 10.3 Å². The van der Waals surface area contributed by atoms with Crippen LogP contribution in [0.5, 0.6) is 11.5 Å². The van der Waals surface area contributed by atoms with Crippen molar-refractivity contribution in [3.05, 3.63) is 85.0 Å². The van der Waals surface area contributed by atoms with Crippen LogP contribution in [0.25, 0.3) is 33.5 Å². The van der Waals surface area contributed by atoms with E-state index in [0.29, 0.717) is 37.3 Å². The van der Waals surface area contributed by atoms with E-state index in [9.17, 15) is 9.90 Å². The van der Waals surface area contributed by atoms with Crippen molar-refractivity contribution in [1.82, 2.24) is 9.66 Å². The summed E-state index contributed by atoms with van der Waals surface area (Å²) in [4.78, 5) is 18.0. The number of aromatic nitrogens is 2. The van der Waals surface area contributed by atoms with E-state index in [1.54, 1.807) is 48.5 Å². The zero-order valence-electron chi connectivity index (χ0n) is 17.4. The molecule has 0 bridgehead atoms. The average molecular weight is 559 g/mol. The van der Waals surface area contributed by atoms with Gasteiger partial charge in [0.25, 0.3) is 5.56 Å². The summed E-state index contributed by atoms with van der Waals surface area (Å²) in [6.07, 6.45) is 1.42. The van der Waals surface area contributed by atoms with Crippen molar-refractivity contribution < 1.29 is 14.3 Å². The van der Waals surface area contributed by atoms with E-state index >= 15 is 0 Å². The molecule has 0 amide bonds. The fourth-order valence-corrected chi connectivity index (χ4v) is 4.28. The normalized spacial score (nSPS) is 11.6. The first-order chi connectivity index (χ1) is 16.4. The predicted octanol–water partition coefficient (Wildman–Crippen LogP) is 6.48. The standard InChI is InChI=1S/C24H14BrCl2N3O4/c1-33-18-10-13(20(25)21(27)22(18)31)11-28-30-23(29-16-5-3-2-4-15(16)24(30)32)19-9-12-8-14(26)6-7-17(12)34-19/h2-11,31H,1H3. The molecule has 0 saturated heterocycles. The van der Waals surface area contributed by atoms with Crippen LogP contribution in [0.1, 0.15) is 5.56 Å². The first kappa shape index (κ1) is 22.5. The molecule has 0 atom stereocenters. The lowest BCUT2D eigenvalue weighted by Crippen LogP contribution is -2.20. The lowest BCUT2D eigenvalue weighted by Gasteiger charge is -2.10. The lowest BCUT2D eigenvalue weighted by molar-refractivity contribution is 0.373. The maximum absolute atomic E-state index is 13.4. The SMILES string of the molecule is COc1cc(C=Nn2c(-c3cc4cc(Cl)ccc4o3)nc3ccccc3c2=O)c(Br)c(Cl)c1O. The number of phenols is 1. The lowest BCUT2D eigenvalue weighted by atomic mass is 10.2. The molecule has 0 radical (unpaired) electrons. The number of hydrogen-bond acceptors (Lipinski definition) is 6. The number of ether oxygens (including phenoxy) is 1. The van der Waals surface area contributed by atoms with E-state index in [4.69, 9.17) is 32.4 Å². The summed E-state index contributed by atoms with van der Waals surface area (Å²) in [5.41, 5.74) is 1.18. The third-order valence-corrected chi connectivity index (χ3v) is 6.84. The minimum atomic E-state index is -0.386. The molecule has 2 heterocycles. The summed E-state index contributed by atoms with van der Waals surface area (Å²) in [7, 11) is 1.41. The van der Waals surface area contributed by atoms with Gasteiger partial charge in [-0.1, -0.05) is 35.3 Å². The Balaban J connectivity index is 1.74. The molecule has 5 rings (SSSR count). The number of rotatable bonds is 4. The second-order valence-electron chi connectivity index (χ2n) is 7.25. The van der Waals surface area contributed by atoms with Crippen LogP contribution in [-0.4, -0.2) is 28.1 Å². The Labute approximate surface area is 210 Å². The van der Waals surface area contributed by atoms with Crippen molar-refractivity contribution >= 4 is 67.2 Å². The largest absolute Gasteiger partial charge is 0.503 e. The Bertz CT molecular complexity index is 1680. The van der Waals surface area contributed by atoms with Gasteiger partial charge in [-0.3, -0.25) is 4.79 Å². The highest BCUT2D eigenvalue weighted by atomic mass is 79.9. The molecule has 7 nitrogen and oxygen atoms in total. The zero-order valence-corrected chi connectivity index (χ0v) is 20.5. The molecule has 0 saturated carbocycles. The Morgan fingerprint density at radius 3 is 2.76 bits per heavy atom.